The molecule has 1 heterocycles. The van der Waals surface area contributed by atoms with Gasteiger partial charge in [-0.2, -0.15) is 5.10 Å². The van der Waals surface area contributed by atoms with E-state index in [2.05, 4.69) is 38.0 Å². The minimum Gasteiger partial charge on any atom is -0.383 e. The van der Waals surface area contributed by atoms with Crippen molar-refractivity contribution in [1.82, 2.24) is 15.1 Å². The van der Waals surface area contributed by atoms with E-state index < -0.39 is 0 Å². The van der Waals surface area contributed by atoms with Gasteiger partial charge in [0.15, 0.2) is 0 Å². The van der Waals surface area contributed by atoms with E-state index in [0.29, 0.717) is 12.6 Å². The predicted octanol–water partition coefficient (Wildman–Crippen LogP) is 2.35. The normalized spacial score (nSPS) is 17.4. The summed E-state index contributed by atoms with van der Waals surface area (Å²) in [5.41, 5.74) is 1.27. The van der Waals surface area contributed by atoms with Gasteiger partial charge in [0.25, 0.3) is 0 Å². The highest BCUT2D eigenvalue weighted by atomic mass is 79.9. The van der Waals surface area contributed by atoms with Gasteiger partial charge in [-0.3, -0.25) is 4.68 Å². The summed E-state index contributed by atoms with van der Waals surface area (Å²) in [5.74, 6) is 0.768. The smallest absolute Gasteiger partial charge is 0.0699 e. The standard InChI is InChI=1S/C12H20BrN3O/c1-3-14-11(9-4-5-9)12-10(13)8-15-16(12)6-7-17-2/h8-9,11,14H,3-7H2,1-2H3. The Bertz CT molecular complexity index is 363. The molecule has 1 unspecified atom stereocenters. The average Bonchev–Trinajstić information content (AvgIpc) is 3.09. The molecule has 5 heteroatoms. The van der Waals surface area contributed by atoms with Gasteiger partial charge in [-0.05, 0) is 41.2 Å². The lowest BCUT2D eigenvalue weighted by Gasteiger charge is -2.19. The first-order valence-corrected chi connectivity index (χ1v) is 7.00. The molecule has 1 atom stereocenters. The van der Waals surface area contributed by atoms with Crippen LogP contribution in [0.1, 0.15) is 31.5 Å². The Labute approximate surface area is 111 Å². The fourth-order valence-electron chi connectivity index (χ4n) is 2.17. The van der Waals surface area contributed by atoms with Crippen LogP contribution >= 0.6 is 15.9 Å². The summed E-state index contributed by atoms with van der Waals surface area (Å²) in [6, 6.07) is 0.425. The van der Waals surface area contributed by atoms with Crippen molar-refractivity contribution in [3.05, 3.63) is 16.4 Å². The minimum atomic E-state index is 0.425. The van der Waals surface area contributed by atoms with Crippen LogP contribution in [0, 0.1) is 5.92 Å². The maximum Gasteiger partial charge on any atom is 0.0699 e. The molecule has 1 saturated carbocycles. The molecule has 4 nitrogen and oxygen atoms in total. The molecular weight excluding hydrogens is 282 g/mol. The van der Waals surface area contributed by atoms with Crippen molar-refractivity contribution in [3.8, 4) is 0 Å². The molecule has 1 aromatic heterocycles. The third-order valence-electron chi connectivity index (χ3n) is 3.15. The highest BCUT2D eigenvalue weighted by Gasteiger charge is 2.34. The number of ether oxygens (including phenoxy) is 1. The van der Waals surface area contributed by atoms with E-state index in [1.807, 2.05) is 6.20 Å². The molecule has 0 spiro atoms. The maximum absolute atomic E-state index is 5.13. The number of hydrogen-bond acceptors (Lipinski definition) is 3. The van der Waals surface area contributed by atoms with E-state index in [1.54, 1.807) is 7.11 Å². The average molecular weight is 302 g/mol. The van der Waals surface area contributed by atoms with Crippen molar-refractivity contribution in [2.75, 3.05) is 20.3 Å². The number of rotatable bonds is 7. The predicted molar refractivity (Wildman–Crippen MR) is 70.9 cm³/mol. The number of hydrogen-bond donors (Lipinski definition) is 1. The third-order valence-corrected chi connectivity index (χ3v) is 3.76. The Kier molecular flexibility index (Phi) is 4.59. The van der Waals surface area contributed by atoms with E-state index in [0.717, 1.165) is 23.5 Å². The molecule has 0 amide bonds. The summed E-state index contributed by atoms with van der Waals surface area (Å²) >= 11 is 3.61. The van der Waals surface area contributed by atoms with Crippen molar-refractivity contribution in [1.29, 1.82) is 0 Å². The zero-order valence-corrected chi connectivity index (χ0v) is 12.0. The van der Waals surface area contributed by atoms with Crippen molar-refractivity contribution in [2.24, 2.45) is 5.92 Å². The van der Waals surface area contributed by atoms with Gasteiger partial charge < -0.3 is 10.1 Å². The summed E-state index contributed by atoms with van der Waals surface area (Å²) in [4.78, 5) is 0. The second kappa shape index (κ2) is 5.98. The Hall–Kier alpha value is -0.390. The lowest BCUT2D eigenvalue weighted by atomic mass is 10.1. The molecule has 0 aromatic carbocycles. The van der Waals surface area contributed by atoms with Gasteiger partial charge in [-0.25, -0.2) is 0 Å². The van der Waals surface area contributed by atoms with Gasteiger partial charge in [0.05, 0.1) is 35.6 Å². The fourth-order valence-corrected chi connectivity index (χ4v) is 2.72. The van der Waals surface area contributed by atoms with Gasteiger partial charge in [0.2, 0.25) is 0 Å². The Balaban J connectivity index is 2.17. The highest BCUT2D eigenvalue weighted by Crippen LogP contribution is 2.42. The maximum atomic E-state index is 5.13. The highest BCUT2D eigenvalue weighted by molar-refractivity contribution is 9.10. The molecule has 0 aliphatic heterocycles. The Morgan fingerprint density at radius 1 is 1.65 bits per heavy atom. The SMILES string of the molecule is CCNC(c1c(Br)cnn1CCOC)C1CC1. The molecule has 1 N–H and O–H groups in total. The van der Waals surface area contributed by atoms with Crippen molar-refractivity contribution in [3.63, 3.8) is 0 Å². The van der Waals surface area contributed by atoms with E-state index in [4.69, 9.17) is 4.74 Å². The van der Waals surface area contributed by atoms with Crippen LogP contribution in [-0.2, 0) is 11.3 Å². The van der Waals surface area contributed by atoms with Crippen LogP contribution in [0.15, 0.2) is 10.7 Å². The van der Waals surface area contributed by atoms with E-state index in [1.165, 1.54) is 18.5 Å². The largest absolute Gasteiger partial charge is 0.383 e. The van der Waals surface area contributed by atoms with Gasteiger partial charge in [0, 0.05) is 7.11 Å². The summed E-state index contributed by atoms with van der Waals surface area (Å²) in [7, 11) is 1.72. The van der Waals surface area contributed by atoms with Gasteiger partial charge in [0.1, 0.15) is 0 Å². The molecule has 1 aliphatic rings. The number of nitrogens with one attached hydrogen (secondary N) is 1. The monoisotopic (exact) mass is 301 g/mol. The van der Waals surface area contributed by atoms with E-state index in [-0.39, 0.29) is 0 Å². The van der Waals surface area contributed by atoms with Crippen molar-refractivity contribution < 1.29 is 4.74 Å². The van der Waals surface area contributed by atoms with Crippen LogP contribution in [-0.4, -0.2) is 30.0 Å². The van der Waals surface area contributed by atoms with E-state index >= 15 is 0 Å². The molecule has 0 bridgehead atoms. The van der Waals surface area contributed by atoms with Crippen LogP contribution in [0.3, 0.4) is 0 Å². The molecule has 1 aromatic rings. The molecule has 0 saturated heterocycles. The lowest BCUT2D eigenvalue weighted by Crippen LogP contribution is -2.26. The second-order valence-electron chi connectivity index (χ2n) is 4.47. The van der Waals surface area contributed by atoms with Crippen LogP contribution < -0.4 is 5.32 Å². The molecule has 2 rings (SSSR count). The first kappa shape index (κ1) is 13.1. The minimum absolute atomic E-state index is 0.425. The van der Waals surface area contributed by atoms with Crippen LogP contribution in [0.25, 0.3) is 0 Å². The van der Waals surface area contributed by atoms with Crippen LogP contribution in [0.4, 0.5) is 0 Å². The summed E-state index contributed by atoms with van der Waals surface area (Å²) in [5, 5.41) is 7.99. The topological polar surface area (TPSA) is 39.1 Å². The fraction of sp³-hybridized carbons (Fsp3) is 0.750. The molecule has 0 radical (unpaired) electrons. The Morgan fingerprint density at radius 3 is 3.00 bits per heavy atom. The number of aromatic nitrogens is 2. The second-order valence-corrected chi connectivity index (χ2v) is 5.32. The van der Waals surface area contributed by atoms with E-state index in [9.17, 15) is 0 Å². The van der Waals surface area contributed by atoms with Gasteiger partial charge in [-0.15, -0.1) is 0 Å². The van der Waals surface area contributed by atoms with Crippen LogP contribution in [0.2, 0.25) is 0 Å². The number of halogens is 1. The molecule has 17 heavy (non-hydrogen) atoms. The summed E-state index contributed by atoms with van der Waals surface area (Å²) < 4.78 is 8.29. The van der Waals surface area contributed by atoms with Crippen molar-refractivity contribution in [2.45, 2.75) is 32.4 Å². The molecule has 96 valence electrons. The molecular formula is C12H20BrN3O. The summed E-state index contributed by atoms with van der Waals surface area (Å²) in [6.45, 7) is 4.65. The third kappa shape index (κ3) is 3.09. The first-order valence-electron chi connectivity index (χ1n) is 6.21. The lowest BCUT2D eigenvalue weighted by molar-refractivity contribution is 0.181. The summed E-state index contributed by atoms with van der Waals surface area (Å²) in [6.07, 6.45) is 4.52. The van der Waals surface area contributed by atoms with Gasteiger partial charge in [-0.1, -0.05) is 6.92 Å². The molecule has 1 fully saturated rings. The first-order chi connectivity index (χ1) is 8.27. The number of nitrogens with zero attached hydrogens (tertiary/aromatic N) is 2. The van der Waals surface area contributed by atoms with Crippen molar-refractivity contribution >= 4 is 15.9 Å². The zero-order valence-electron chi connectivity index (χ0n) is 10.4. The quantitative estimate of drug-likeness (QED) is 0.840. The molecule has 1 aliphatic carbocycles. The number of methoxy groups -OCH3 is 1. The Morgan fingerprint density at radius 2 is 2.41 bits per heavy atom. The van der Waals surface area contributed by atoms with Crippen LogP contribution in [0.5, 0.6) is 0 Å². The van der Waals surface area contributed by atoms with Gasteiger partial charge >= 0.3 is 0 Å². The zero-order chi connectivity index (χ0) is 12.3.